The number of nitriles is 3. The Labute approximate surface area is 859 Å². The fourth-order valence-electron chi connectivity index (χ4n) is 17.9. The number of fused-ring (bicyclic) bond motifs is 4. The van der Waals surface area contributed by atoms with Gasteiger partial charge in [-0.3, -0.25) is 4.40 Å². The van der Waals surface area contributed by atoms with Crippen LogP contribution in [0.2, 0.25) is 20.1 Å². The van der Waals surface area contributed by atoms with Crippen molar-refractivity contribution in [1.82, 2.24) is 108 Å². The number of hydrogen-bond acceptors (Lipinski definition) is 34. The molecular formula is C103H113Cl4N37O. The molecule has 2 atom stereocenters. The lowest BCUT2D eigenvalue weighted by Crippen LogP contribution is -2.46. The molecule has 1 aliphatic carbocycles. The van der Waals surface area contributed by atoms with Crippen molar-refractivity contribution in [1.29, 1.82) is 15.8 Å². The molecule has 5 fully saturated rings. The molecule has 2 unspecified atom stereocenters. The molecule has 1 saturated carbocycles. The average molecular weight is 2030 g/mol. The van der Waals surface area contributed by atoms with Gasteiger partial charge in [0.25, 0.3) is 0 Å². The van der Waals surface area contributed by atoms with E-state index >= 15 is 0 Å². The van der Waals surface area contributed by atoms with E-state index in [1.54, 1.807) is 84.3 Å². The summed E-state index contributed by atoms with van der Waals surface area (Å²) in [6.45, 7) is 27.7. The number of nitrogens with one attached hydrogen (secondary N) is 8. The molecule has 0 radical (unpaired) electrons. The Morgan fingerprint density at radius 2 is 0.834 bits per heavy atom. The van der Waals surface area contributed by atoms with Crippen LogP contribution in [-0.2, 0) is 17.4 Å². The molecule has 16 aromatic heterocycles. The van der Waals surface area contributed by atoms with Gasteiger partial charge in [-0.2, -0.15) is 40.8 Å². The van der Waals surface area contributed by atoms with Gasteiger partial charge >= 0.3 is 0 Å². The van der Waals surface area contributed by atoms with Crippen LogP contribution < -0.4 is 62.1 Å². The van der Waals surface area contributed by atoms with E-state index in [-0.39, 0.29) is 35.0 Å². The van der Waals surface area contributed by atoms with Gasteiger partial charge in [0.2, 0.25) is 23.8 Å². The van der Waals surface area contributed by atoms with Crippen LogP contribution in [0.1, 0.15) is 178 Å². The van der Waals surface area contributed by atoms with Crippen LogP contribution in [0.4, 0.5) is 93.1 Å². The van der Waals surface area contributed by atoms with Gasteiger partial charge in [0.05, 0.1) is 41.5 Å². The molecule has 4 saturated heterocycles. The first kappa shape index (κ1) is 99.9. The van der Waals surface area contributed by atoms with Crippen molar-refractivity contribution >= 4 is 162 Å². The molecule has 0 aromatic carbocycles. The zero-order valence-electron chi connectivity index (χ0n) is 82.1. The quantitative estimate of drug-likeness (QED) is 0.0257. The lowest BCUT2D eigenvalue weighted by atomic mass is 9.90. The van der Waals surface area contributed by atoms with Crippen LogP contribution >= 0.6 is 46.4 Å². The number of aliphatic hydroxyl groups is 1. The van der Waals surface area contributed by atoms with Gasteiger partial charge in [-0.1, -0.05) is 101 Å². The zero-order valence-corrected chi connectivity index (χ0v) is 85.2. The van der Waals surface area contributed by atoms with E-state index in [1.165, 1.54) is 11.4 Å². The highest BCUT2D eigenvalue weighted by Crippen LogP contribution is 2.46. The molecule has 16 aromatic rings. The highest BCUT2D eigenvalue weighted by atomic mass is 35.5. The summed E-state index contributed by atoms with van der Waals surface area (Å²) in [6, 6.07) is 38.1. The molecular weight excluding hydrogens is 1910 g/mol. The van der Waals surface area contributed by atoms with E-state index in [9.17, 15) is 5.11 Å². The monoisotopic (exact) mass is 2020 g/mol. The standard InChI is InChI=1S/C27H30ClN9.C26H32ClN9O.C25H25ClN10.C25H26ClN9/c1-27(2,3)13-21-16-31-24-12-20(8-11-37(21)24)34-26-32-17-22(28)25(35-26)33-19-6-9-36(10-7-19)23-5-4-18(14-29)15-30-23;1-5-17-15-35(21-7-6-16(2)13-28-21)10-9-20(17)31-23-19(27)14-29-25(32-23)30-18-8-11-36-22(12-18)33-34-24(36)26(3,4)37;1-25(7-8-25)23-32-21-12-18(6-11-36(21)34-23)31-24-29-15-19(26)22(33-24)30-17-4-9-35(10-5-17)20-3-2-16(13-27)14-28-20;1-16(2)21-15-29-23-11-19(7-10-35(21)23)32-25-30-14-20(26)24(33-25)31-18-5-8-34(9-6-18)22-4-3-17(12-27)13-28-22/h4-5,8,11-12,15-17,19H,6-7,9-10,13H2,1-3H3,(H2,32,33,34,35);6-8,11-14,17,20,37H,5,9-10,15H2,1-4H3,(H2,29,30,31,32);2-3,6,11-12,14-15,17H,4-5,7-10H2,1H3,(H2,29,30,31,33);3-4,7,10-11,13-16,18H,5-6,8-9H2,1-2H3,(H2,30,31,32,33). The summed E-state index contributed by atoms with van der Waals surface area (Å²) in [5.74, 6) is 10.1. The second kappa shape index (κ2) is 43.9. The Hall–Kier alpha value is -15.3. The summed E-state index contributed by atoms with van der Waals surface area (Å²) in [4.78, 5) is 76.6. The lowest BCUT2D eigenvalue weighted by molar-refractivity contribution is 0.0676. The molecule has 9 N–H and O–H groups in total. The van der Waals surface area contributed by atoms with Gasteiger partial charge in [0.1, 0.15) is 78.5 Å². The summed E-state index contributed by atoms with van der Waals surface area (Å²) >= 11 is 25.7. The molecule has 145 heavy (non-hydrogen) atoms. The van der Waals surface area contributed by atoms with Crippen LogP contribution in [0.25, 0.3) is 22.6 Å². The predicted octanol–water partition coefficient (Wildman–Crippen LogP) is 19.3. The topological polar surface area (TPSA) is 450 Å². The fourth-order valence-corrected chi connectivity index (χ4v) is 18.4. The van der Waals surface area contributed by atoms with Crippen LogP contribution in [0.15, 0.2) is 184 Å². The van der Waals surface area contributed by atoms with Crippen molar-refractivity contribution in [3.63, 3.8) is 0 Å². The van der Waals surface area contributed by atoms with Crippen molar-refractivity contribution in [2.75, 3.05) is 114 Å². The van der Waals surface area contributed by atoms with Gasteiger partial charge < -0.3 is 76.0 Å². The minimum Gasteiger partial charge on any atom is -0.382 e. The third-order valence-electron chi connectivity index (χ3n) is 26.2. The molecule has 21 rings (SSSR count). The Morgan fingerprint density at radius 1 is 0.434 bits per heavy atom. The first-order chi connectivity index (χ1) is 70.0. The van der Waals surface area contributed by atoms with E-state index in [4.69, 9.17) is 67.2 Å². The number of rotatable bonds is 25. The molecule has 0 amide bonds. The molecule has 4 aliphatic heterocycles. The molecule has 42 heteroatoms. The summed E-state index contributed by atoms with van der Waals surface area (Å²) in [6.07, 6.45) is 35.5. The normalized spacial score (nSPS) is 16.1. The molecule has 5 aliphatic rings. The van der Waals surface area contributed by atoms with Gasteiger partial charge in [0, 0.05) is 202 Å². The fraction of sp³-hybridized carbons (Fsp3) is 0.369. The SMILES string of the molecule is CC(C)(C)Cc1cnc2cc(Nc3ncc(Cl)c(NC4CCN(c5ccc(C#N)cn5)CC4)n3)ccn12.CC(C)c1cnc2cc(Nc3ncc(Cl)c(NC4CCN(c5ccc(C#N)cn5)CC4)n3)ccn12.CC1(c2nc3cc(Nc4ncc(Cl)c(NC5CCN(c6ccc(C#N)cn6)CC5)n4)ccn3n2)CC1.CCC1CN(c2ccc(C)cn2)CCC1Nc1nc(Nc2ccn3c(C(C)(C)O)nnc3c2)ncc1Cl. The summed E-state index contributed by atoms with van der Waals surface area (Å²) < 4.78 is 7.76. The summed E-state index contributed by atoms with van der Waals surface area (Å²) in [5.41, 5.74) is 10.9. The molecule has 0 spiro atoms. The largest absolute Gasteiger partial charge is 0.382 e. The van der Waals surface area contributed by atoms with E-state index in [0.29, 0.717) is 107 Å². The van der Waals surface area contributed by atoms with Crippen LogP contribution in [0.5, 0.6) is 0 Å². The van der Waals surface area contributed by atoms with Crippen molar-refractivity contribution in [3.8, 4) is 18.2 Å². The Morgan fingerprint density at radius 3 is 1.25 bits per heavy atom. The van der Waals surface area contributed by atoms with Gasteiger partial charge in [-0.25, -0.2) is 59.3 Å². The van der Waals surface area contributed by atoms with Crippen LogP contribution in [0, 0.1) is 52.2 Å². The number of halogens is 4. The van der Waals surface area contributed by atoms with Gasteiger partial charge in [-0.15, -0.1) is 10.2 Å². The number of hydrogen-bond donors (Lipinski definition) is 9. The van der Waals surface area contributed by atoms with Crippen LogP contribution in [0.3, 0.4) is 0 Å². The van der Waals surface area contributed by atoms with E-state index in [0.717, 1.165) is 197 Å². The summed E-state index contributed by atoms with van der Waals surface area (Å²) in [5, 5.41) is 79.1. The Bertz CT molecular complexity index is 7360. The second-order valence-electron chi connectivity index (χ2n) is 39.2. The zero-order chi connectivity index (χ0) is 101. The van der Waals surface area contributed by atoms with Gasteiger partial charge in [0.15, 0.2) is 46.2 Å². The predicted molar refractivity (Wildman–Crippen MR) is 567 cm³/mol. The van der Waals surface area contributed by atoms with E-state index < -0.39 is 5.60 Å². The Kier molecular flexibility index (Phi) is 30.2. The van der Waals surface area contributed by atoms with E-state index in [2.05, 4.69) is 242 Å². The maximum Gasteiger partial charge on any atom is 0.229 e. The van der Waals surface area contributed by atoms with Crippen molar-refractivity contribution in [2.24, 2.45) is 11.3 Å². The highest BCUT2D eigenvalue weighted by Gasteiger charge is 2.43. The minimum atomic E-state index is -1.10. The maximum atomic E-state index is 10.3. The number of imidazole rings is 2. The van der Waals surface area contributed by atoms with Crippen LogP contribution in [-0.4, -0.2) is 189 Å². The van der Waals surface area contributed by atoms with Crippen molar-refractivity contribution in [3.05, 3.63) is 249 Å². The van der Waals surface area contributed by atoms with Gasteiger partial charge in [-0.05, 0) is 181 Å². The average Bonchev–Trinajstić information content (AvgIpc) is 1.62. The van der Waals surface area contributed by atoms with E-state index in [1.807, 2.05) is 110 Å². The molecule has 20 heterocycles. The number of anilines is 16. The number of piperidine rings is 4. The molecule has 38 nitrogen and oxygen atoms in total. The minimum absolute atomic E-state index is 0.119. The number of aromatic nitrogens is 22. The first-order valence-electron chi connectivity index (χ1n) is 48.6. The number of pyridine rings is 8. The smallest absolute Gasteiger partial charge is 0.229 e. The lowest BCUT2D eigenvalue weighted by Gasteiger charge is -2.39. The molecule has 0 bridgehead atoms. The maximum absolute atomic E-state index is 10.3. The Balaban J connectivity index is 0.000000127. The highest BCUT2D eigenvalue weighted by molar-refractivity contribution is 6.34. The van der Waals surface area contributed by atoms with Crippen molar-refractivity contribution < 1.29 is 5.11 Å². The first-order valence-corrected chi connectivity index (χ1v) is 50.1. The third kappa shape index (κ3) is 24.8. The second-order valence-corrected chi connectivity index (χ2v) is 40.9. The summed E-state index contributed by atoms with van der Waals surface area (Å²) in [7, 11) is 0. The molecule has 744 valence electrons. The van der Waals surface area contributed by atoms with Crippen molar-refractivity contribution in [2.45, 2.75) is 181 Å². The third-order valence-corrected chi connectivity index (χ3v) is 27.3. The number of aryl methyl sites for hydroxylation is 1. The number of nitrogens with zero attached hydrogens (tertiary/aromatic N) is 29.